The zero-order valence-electron chi connectivity index (χ0n) is 15.4. The van der Waals surface area contributed by atoms with Crippen molar-refractivity contribution in [2.24, 2.45) is 5.73 Å². The average molecular weight is 416 g/mol. The summed E-state index contributed by atoms with van der Waals surface area (Å²) < 4.78 is 0. The summed E-state index contributed by atoms with van der Waals surface area (Å²) in [5, 5.41) is 31.4. The molecule has 0 saturated carbocycles. The van der Waals surface area contributed by atoms with Crippen molar-refractivity contribution in [2.45, 2.75) is 44.0 Å². The summed E-state index contributed by atoms with van der Waals surface area (Å²) >= 11 is 11.2. The van der Waals surface area contributed by atoms with Gasteiger partial charge in [0.2, 0.25) is 0 Å². The molecule has 0 aliphatic rings. The molecule has 0 amide bonds. The van der Waals surface area contributed by atoms with Crippen molar-refractivity contribution in [1.29, 1.82) is 0 Å². The molecule has 150 valence electrons. The number of hydrogen-bond acceptors (Lipinski definition) is 5. The number of thiocarbonyl (C=S) groups is 1. The van der Waals surface area contributed by atoms with E-state index in [0.29, 0.717) is 42.4 Å². The predicted molar refractivity (Wildman–Crippen MR) is 113 cm³/mol. The Kier molecular flexibility index (Phi) is 10.0. The van der Waals surface area contributed by atoms with E-state index >= 15 is 0 Å². The zero-order valence-corrected chi connectivity index (χ0v) is 17.0. The molecule has 0 saturated heterocycles. The Morgan fingerprint density at radius 3 is 2.41 bits per heavy atom. The van der Waals surface area contributed by atoms with Gasteiger partial charge in [-0.25, -0.2) is 0 Å². The summed E-state index contributed by atoms with van der Waals surface area (Å²) in [4.78, 5) is 13.4. The summed E-state index contributed by atoms with van der Waals surface area (Å²) in [7, 11) is 0.456. The normalized spacial score (nSPS) is 12.9. The Morgan fingerprint density at radius 1 is 1.26 bits per heavy atom. The quantitative estimate of drug-likeness (QED) is 0.212. The van der Waals surface area contributed by atoms with Crippen LogP contribution in [0.3, 0.4) is 0 Å². The van der Waals surface area contributed by atoms with Crippen LogP contribution in [0.2, 0.25) is 11.3 Å². The van der Waals surface area contributed by atoms with Gasteiger partial charge in [0.25, 0.3) is 0 Å². The maximum Gasteiger partial charge on any atom is 0.451 e. The van der Waals surface area contributed by atoms with Gasteiger partial charge in [0.05, 0.1) is 0 Å². The fourth-order valence-corrected chi connectivity index (χ4v) is 2.93. The number of carboxylic acid groups (broad SMARTS) is 1. The third-order valence-corrected chi connectivity index (χ3v) is 4.99. The topological polar surface area (TPSA) is 119 Å². The number of nitrogens with zero attached hydrogens (tertiary/aromatic N) is 1. The molecule has 0 radical (unpaired) electrons. The van der Waals surface area contributed by atoms with Gasteiger partial charge in [0.15, 0.2) is 5.11 Å². The van der Waals surface area contributed by atoms with Crippen molar-refractivity contribution >= 4 is 47.7 Å². The molecule has 6 N–H and O–H groups in total. The van der Waals surface area contributed by atoms with Crippen LogP contribution in [0.1, 0.15) is 32.1 Å². The number of nitrogens with two attached hydrogens (primary N) is 1. The van der Waals surface area contributed by atoms with Crippen molar-refractivity contribution in [1.82, 2.24) is 4.90 Å². The lowest BCUT2D eigenvalue weighted by Crippen LogP contribution is -2.48. The molecular weight excluding hydrogens is 389 g/mol. The van der Waals surface area contributed by atoms with E-state index in [9.17, 15) is 9.90 Å². The van der Waals surface area contributed by atoms with Crippen LogP contribution in [0.15, 0.2) is 24.3 Å². The second-order valence-electron chi connectivity index (χ2n) is 6.65. The second-order valence-corrected chi connectivity index (χ2v) is 7.47. The molecule has 0 bridgehead atoms. The molecule has 1 aromatic carbocycles. The molecule has 0 aliphatic heterocycles. The van der Waals surface area contributed by atoms with E-state index in [1.165, 1.54) is 0 Å². The van der Waals surface area contributed by atoms with Gasteiger partial charge in [-0.05, 0) is 62.1 Å². The Morgan fingerprint density at radius 2 is 1.85 bits per heavy atom. The number of carbonyl (C=O) groups is 1. The van der Waals surface area contributed by atoms with Gasteiger partial charge in [0, 0.05) is 24.3 Å². The number of nitrogens with one attached hydrogen (secondary N) is 1. The van der Waals surface area contributed by atoms with Crippen LogP contribution in [-0.2, 0) is 4.79 Å². The predicted octanol–water partition coefficient (Wildman–Crippen LogP) is 2.17. The van der Waals surface area contributed by atoms with Crippen LogP contribution in [0.25, 0.3) is 0 Å². The van der Waals surface area contributed by atoms with E-state index in [1.54, 1.807) is 12.1 Å². The van der Waals surface area contributed by atoms with E-state index in [0.717, 1.165) is 5.69 Å². The zero-order chi connectivity index (χ0) is 20.4. The third-order valence-electron chi connectivity index (χ3n) is 4.32. The second kappa shape index (κ2) is 11.5. The van der Waals surface area contributed by atoms with Crippen molar-refractivity contribution in [3.8, 4) is 0 Å². The Bertz CT molecular complexity index is 621. The summed E-state index contributed by atoms with van der Waals surface area (Å²) in [5.74, 6) is -1.04. The van der Waals surface area contributed by atoms with Crippen LogP contribution in [0.4, 0.5) is 5.69 Å². The van der Waals surface area contributed by atoms with Crippen LogP contribution in [-0.4, -0.2) is 57.4 Å². The van der Waals surface area contributed by atoms with Gasteiger partial charge >= 0.3 is 13.1 Å². The minimum atomic E-state index is -1.37. The molecule has 1 aromatic rings. The number of anilines is 1. The van der Waals surface area contributed by atoms with E-state index < -0.39 is 18.6 Å². The number of carboxylic acids is 1. The first-order valence-corrected chi connectivity index (χ1v) is 9.59. The fourth-order valence-electron chi connectivity index (χ4n) is 2.59. The standard InChI is InChI=1S/C17H27BClN3O4S/c1-22(16(27)21-14-7-5-13(19)6-8-14)12-4-10-17(20,15(23)24)9-2-3-11-18(25)26/h5-8,25-26H,2-4,9-12,20H2,1H3,(H,21,27)(H,23,24). The SMILES string of the molecule is CN(CCCC(N)(CCCCB(O)O)C(=O)O)C(=S)Nc1ccc(Cl)cc1. The van der Waals surface area contributed by atoms with Gasteiger partial charge in [-0.2, -0.15) is 0 Å². The third kappa shape index (κ3) is 8.90. The monoisotopic (exact) mass is 415 g/mol. The summed E-state index contributed by atoms with van der Waals surface area (Å²) in [5.41, 5.74) is 5.55. The van der Waals surface area contributed by atoms with E-state index in [4.69, 9.17) is 39.6 Å². The summed E-state index contributed by atoms with van der Waals surface area (Å²) in [6.07, 6.45) is 2.39. The summed E-state index contributed by atoms with van der Waals surface area (Å²) in [6, 6.07) is 7.16. The molecule has 0 aromatic heterocycles. The Labute approximate surface area is 170 Å². The molecule has 0 heterocycles. The highest BCUT2D eigenvalue weighted by atomic mass is 35.5. The molecule has 27 heavy (non-hydrogen) atoms. The first-order chi connectivity index (χ1) is 12.6. The fraction of sp³-hybridized carbons (Fsp3) is 0.529. The van der Waals surface area contributed by atoms with Crippen LogP contribution in [0.5, 0.6) is 0 Å². The lowest BCUT2D eigenvalue weighted by Gasteiger charge is -2.27. The van der Waals surface area contributed by atoms with Crippen LogP contribution >= 0.6 is 23.8 Å². The molecule has 1 atom stereocenters. The molecule has 0 aliphatic carbocycles. The minimum Gasteiger partial charge on any atom is -0.480 e. The van der Waals surface area contributed by atoms with Gasteiger partial charge in [-0.3, -0.25) is 4.79 Å². The molecule has 0 spiro atoms. The Hall–Kier alpha value is -1.39. The van der Waals surface area contributed by atoms with Crippen molar-refractivity contribution in [3.05, 3.63) is 29.3 Å². The molecule has 1 rings (SSSR count). The van der Waals surface area contributed by atoms with Crippen molar-refractivity contribution in [2.75, 3.05) is 18.9 Å². The lowest BCUT2D eigenvalue weighted by molar-refractivity contribution is -0.144. The maximum atomic E-state index is 11.5. The minimum absolute atomic E-state index is 0.211. The molecule has 1 unspecified atom stereocenters. The highest BCUT2D eigenvalue weighted by Gasteiger charge is 2.32. The lowest BCUT2D eigenvalue weighted by atomic mass is 9.81. The molecule has 10 heteroatoms. The maximum absolute atomic E-state index is 11.5. The Balaban J connectivity index is 2.43. The summed E-state index contributed by atoms with van der Waals surface area (Å²) in [6.45, 7) is 0.557. The average Bonchev–Trinajstić information content (AvgIpc) is 2.60. The van der Waals surface area contributed by atoms with E-state index in [1.807, 2.05) is 24.1 Å². The molecule has 0 fully saturated rings. The molecular formula is C17H27BClN3O4S. The van der Waals surface area contributed by atoms with Crippen LogP contribution < -0.4 is 11.1 Å². The first kappa shape index (κ1) is 23.7. The highest BCUT2D eigenvalue weighted by Crippen LogP contribution is 2.20. The number of rotatable bonds is 11. The first-order valence-electron chi connectivity index (χ1n) is 8.80. The van der Waals surface area contributed by atoms with Gasteiger partial charge in [-0.1, -0.05) is 24.4 Å². The number of unbranched alkanes of at least 4 members (excludes halogenated alkanes) is 1. The number of benzene rings is 1. The smallest absolute Gasteiger partial charge is 0.451 e. The van der Waals surface area contributed by atoms with E-state index in [2.05, 4.69) is 5.32 Å². The number of aliphatic carboxylic acids is 1. The van der Waals surface area contributed by atoms with Gasteiger partial charge in [-0.15, -0.1) is 0 Å². The number of halogens is 1. The van der Waals surface area contributed by atoms with E-state index in [-0.39, 0.29) is 12.7 Å². The van der Waals surface area contributed by atoms with Crippen LogP contribution in [0, 0.1) is 0 Å². The van der Waals surface area contributed by atoms with Gasteiger partial charge in [0.1, 0.15) is 5.54 Å². The van der Waals surface area contributed by atoms with Gasteiger partial charge < -0.3 is 31.1 Å². The molecule has 7 nitrogen and oxygen atoms in total. The highest BCUT2D eigenvalue weighted by molar-refractivity contribution is 7.80. The largest absolute Gasteiger partial charge is 0.480 e. The van der Waals surface area contributed by atoms with Crippen molar-refractivity contribution in [3.63, 3.8) is 0 Å². The van der Waals surface area contributed by atoms with Crippen molar-refractivity contribution < 1.29 is 19.9 Å². The number of hydrogen-bond donors (Lipinski definition) is 5.